The topological polar surface area (TPSA) is 54.5 Å². The van der Waals surface area contributed by atoms with Crippen LogP contribution in [-0.4, -0.2) is 43.2 Å². The van der Waals surface area contributed by atoms with Crippen molar-refractivity contribution >= 4 is 11.8 Å². The van der Waals surface area contributed by atoms with E-state index < -0.39 is 0 Å². The molecular formula is C13H19N3O2. The Morgan fingerprint density at radius 3 is 2.56 bits per heavy atom. The van der Waals surface area contributed by atoms with Crippen LogP contribution in [0.15, 0.2) is 18.3 Å². The Morgan fingerprint density at radius 1 is 1.39 bits per heavy atom. The van der Waals surface area contributed by atoms with E-state index in [4.69, 9.17) is 0 Å². The Kier molecular flexibility index (Phi) is 3.81. The van der Waals surface area contributed by atoms with Gasteiger partial charge in [-0.05, 0) is 26.0 Å². The van der Waals surface area contributed by atoms with Crippen LogP contribution in [0, 0.1) is 0 Å². The number of piperazine rings is 1. The van der Waals surface area contributed by atoms with E-state index in [1.54, 1.807) is 12.3 Å². The highest BCUT2D eigenvalue weighted by Gasteiger charge is 2.25. The van der Waals surface area contributed by atoms with Crippen LogP contribution in [0.5, 0.6) is 0 Å². The van der Waals surface area contributed by atoms with Gasteiger partial charge in [-0.2, -0.15) is 0 Å². The van der Waals surface area contributed by atoms with Crippen molar-refractivity contribution in [3.8, 4) is 0 Å². The van der Waals surface area contributed by atoms with Gasteiger partial charge in [0.2, 0.25) is 0 Å². The van der Waals surface area contributed by atoms with Crippen molar-refractivity contribution in [1.29, 1.82) is 0 Å². The SMILES string of the molecule is COC(=O)c1ccc(N2[C@H](C)CNC[C@@H]2C)nc1. The number of anilines is 1. The summed E-state index contributed by atoms with van der Waals surface area (Å²) in [6, 6.07) is 4.43. The second kappa shape index (κ2) is 5.35. The molecule has 0 radical (unpaired) electrons. The van der Waals surface area contributed by atoms with Gasteiger partial charge in [-0.3, -0.25) is 0 Å². The van der Waals surface area contributed by atoms with Gasteiger partial charge in [-0.25, -0.2) is 9.78 Å². The molecule has 1 N–H and O–H groups in total. The molecule has 98 valence electrons. The van der Waals surface area contributed by atoms with Crippen LogP contribution in [0.2, 0.25) is 0 Å². The van der Waals surface area contributed by atoms with Crippen LogP contribution in [-0.2, 0) is 4.74 Å². The van der Waals surface area contributed by atoms with Gasteiger partial charge in [-0.15, -0.1) is 0 Å². The highest BCUT2D eigenvalue weighted by Crippen LogP contribution is 2.19. The number of nitrogens with one attached hydrogen (secondary N) is 1. The Bertz CT molecular complexity index is 409. The molecule has 1 aromatic heterocycles. The number of hydrogen-bond acceptors (Lipinski definition) is 5. The number of aromatic nitrogens is 1. The number of ether oxygens (including phenoxy) is 1. The molecule has 0 aliphatic carbocycles. The Labute approximate surface area is 107 Å². The van der Waals surface area contributed by atoms with E-state index in [-0.39, 0.29) is 5.97 Å². The normalized spacial score (nSPS) is 23.8. The summed E-state index contributed by atoms with van der Waals surface area (Å²) in [5, 5.41) is 3.38. The summed E-state index contributed by atoms with van der Waals surface area (Å²) in [7, 11) is 1.37. The van der Waals surface area contributed by atoms with Crippen LogP contribution in [0.3, 0.4) is 0 Å². The molecule has 1 aliphatic rings. The number of methoxy groups -OCH3 is 1. The second-order valence-corrected chi connectivity index (χ2v) is 4.66. The van der Waals surface area contributed by atoms with Crippen molar-refractivity contribution in [2.24, 2.45) is 0 Å². The Balaban J connectivity index is 2.20. The summed E-state index contributed by atoms with van der Waals surface area (Å²) in [5.74, 6) is 0.555. The fourth-order valence-electron chi connectivity index (χ4n) is 2.36. The number of nitrogens with zero attached hydrogens (tertiary/aromatic N) is 2. The summed E-state index contributed by atoms with van der Waals surface area (Å²) in [5.41, 5.74) is 0.483. The van der Waals surface area contributed by atoms with Gasteiger partial charge >= 0.3 is 5.97 Å². The molecule has 1 fully saturated rings. The first-order valence-corrected chi connectivity index (χ1v) is 6.17. The van der Waals surface area contributed by atoms with Crippen molar-refractivity contribution in [2.45, 2.75) is 25.9 Å². The van der Waals surface area contributed by atoms with E-state index in [9.17, 15) is 4.79 Å². The predicted molar refractivity (Wildman–Crippen MR) is 69.8 cm³/mol. The van der Waals surface area contributed by atoms with Crippen LogP contribution < -0.4 is 10.2 Å². The zero-order chi connectivity index (χ0) is 13.1. The fraction of sp³-hybridized carbons (Fsp3) is 0.538. The van der Waals surface area contributed by atoms with E-state index in [1.165, 1.54) is 7.11 Å². The van der Waals surface area contributed by atoms with Crippen molar-refractivity contribution in [3.63, 3.8) is 0 Å². The quantitative estimate of drug-likeness (QED) is 0.794. The third-order valence-corrected chi connectivity index (χ3v) is 3.26. The molecule has 5 heteroatoms. The van der Waals surface area contributed by atoms with Crippen molar-refractivity contribution in [2.75, 3.05) is 25.1 Å². The average molecular weight is 249 g/mol. The number of esters is 1. The molecule has 1 saturated heterocycles. The minimum absolute atomic E-state index is 0.351. The lowest BCUT2D eigenvalue weighted by Gasteiger charge is -2.40. The molecule has 18 heavy (non-hydrogen) atoms. The molecule has 5 nitrogen and oxygen atoms in total. The van der Waals surface area contributed by atoms with E-state index in [2.05, 4.69) is 33.8 Å². The Morgan fingerprint density at radius 2 is 2.06 bits per heavy atom. The second-order valence-electron chi connectivity index (χ2n) is 4.66. The first-order chi connectivity index (χ1) is 8.63. The number of pyridine rings is 1. The third-order valence-electron chi connectivity index (χ3n) is 3.26. The van der Waals surface area contributed by atoms with Gasteiger partial charge in [-0.1, -0.05) is 0 Å². The van der Waals surface area contributed by atoms with Gasteiger partial charge < -0.3 is 15.0 Å². The largest absolute Gasteiger partial charge is 0.465 e. The summed E-state index contributed by atoms with van der Waals surface area (Å²) in [6.07, 6.45) is 1.57. The molecule has 0 amide bonds. The number of carbonyl (C=O) groups excluding carboxylic acids is 1. The van der Waals surface area contributed by atoms with Gasteiger partial charge in [0.1, 0.15) is 5.82 Å². The first kappa shape index (κ1) is 12.8. The summed E-state index contributed by atoms with van der Waals surface area (Å²) < 4.78 is 4.66. The maximum absolute atomic E-state index is 11.3. The Hall–Kier alpha value is -1.62. The van der Waals surface area contributed by atoms with Gasteiger partial charge in [0.05, 0.1) is 12.7 Å². The average Bonchev–Trinajstić information content (AvgIpc) is 2.38. The lowest BCUT2D eigenvalue weighted by atomic mass is 10.1. The summed E-state index contributed by atoms with van der Waals surface area (Å²) >= 11 is 0. The van der Waals surface area contributed by atoms with Crippen LogP contribution in [0.25, 0.3) is 0 Å². The zero-order valence-electron chi connectivity index (χ0n) is 11.0. The molecule has 2 rings (SSSR count). The molecule has 0 spiro atoms. The standard InChI is InChI=1S/C13H19N3O2/c1-9-6-14-7-10(2)16(9)12-5-4-11(8-15-12)13(17)18-3/h4-5,8-10,14H,6-7H2,1-3H3/t9-,10+. The van der Waals surface area contributed by atoms with Gasteiger partial charge in [0.25, 0.3) is 0 Å². The predicted octanol–water partition coefficient (Wildman–Crippen LogP) is 1.05. The molecule has 0 bridgehead atoms. The molecule has 0 unspecified atom stereocenters. The summed E-state index contributed by atoms with van der Waals surface area (Å²) in [6.45, 7) is 6.23. The van der Waals surface area contributed by atoms with Crippen LogP contribution in [0.4, 0.5) is 5.82 Å². The highest BCUT2D eigenvalue weighted by atomic mass is 16.5. The minimum atomic E-state index is -0.351. The van der Waals surface area contributed by atoms with Gasteiger partial charge in [0, 0.05) is 31.4 Å². The highest BCUT2D eigenvalue weighted by molar-refractivity contribution is 5.89. The van der Waals surface area contributed by atoms with Crippen LogP contribution >= 0.6 is 0 Å². The van der Waals surface area contributed by atoms with Crippen molar-refractivity contribution in [3.05, 3.63) is 23.9 Å². The van der Waals surface area contributed by atoms with Gasteiger partial charge in [0.15, 0.2) is 0 Å². The first-order valence-electron chi connectivity index (χ1n) is 6.17. The minimum Gasteiger partial charge on any atom is -0.465 e. The molecule has 2 atom stereocenters. The molecule has 0 aromatic carbocycles. The van der Waals surface area contributed by atoms with E-state index >= 15 is 0 Å². The maximum Gasteiger partial charge on any atom is 0.339 e. The maximum atomic E-state index is 11.3. The van der Waals surface area contributed by atoms with E-state index in [0.717, 1.165) is 18.9 Å². The molecule has 2 heterocycles. The lowest BCUT2D eigenvalue weighted by Crippen LogP contribution is -2.55. The number of rotatable bonds is 2. The molecule has 0 saturated carbocycles. The van der Waals surface area contributed by atoms with Crippen LogP contribution in [0.1, 0.15) is 24.2 Å². The van der Waals surface area contributed by atoms with Crippen molar-refractivity contribution < 1.29 is 9.53 Å². The number of hydrogen-bond donors (Lipinski definition) is 1. The number of carbonyl (C=O) groups is 1. The lowest BCUT2D eigenvalue weighted by molar-refractivity contribution is 0.0600. The zero-order valence-corrected chi connectivity index (χ0v) is 11.0. The smallest absolute Gasteiger partial charge is 0.339 e. The molecule has 1 aromatic rings. The van der Waals surface area contributed by atoms with Crippen molar-refractivity contribution in [1.82, 2.24) is 10.3 Å². The van der Waals surface area contributed by atoms with E-state index in [1.807, 2.05) is 6.07 Å². The third kappa shape index (κ3) is 2.46. The fourth-order valence-corrected chi connectivity index (χ4v) is 2.36. The summed E-state index contributed by atoms with van der Waals surface area (Å²) in [4.78, 5) is 18.0. The molecular weight excluding hydrogens is 230 g/mol. The monoisotopic (exact) mass is 249 g/mol. The molecule has 1 aliphatic heterocycles. The van der Waals surface area contributed by atoms with E-state index in [0.29, 0.717) is 17.6 Å².